The van der Waals surface area contributed by atoms with E-state index in [-0.39, 0.29) is 11.5 Å². The number of aliphatic hydroxyl groups is 1. The minimum Gasteiger partial charge on any atom is -0.391 e. The number of rotatable bonds is 4. The second-order valence-corrected chi connectivity index (χ2v) is 5.71. The number of aliphatic hydroxyl groups excluding tert-OH is 1. The first-order chi connectivity index (χ1) is 8.47. The summed E-state index contributed by atoms with van der Waals surface area (Å²) in [6.45, 7) is 7.35. The smallest absolute Gasteiger partial charge is 0.137 e. The number of nitrogens with one attached hydrogen (secondary N) is 1. The molecular weight excluding hydrogens is 226 g/mol. The zero-order chi connectivity index (χ0) is 13.2. The number of fused-ring (bicyclic) bond motifs is 1. The van der Waals surface area contributed by atoms with Gasteiger partial charge in [0, 0.05) is 25.5 Å². The van der Waals surface area contributed by atoms with Crippen LogP contribution in [0.1, 0.15) is 26.5 Å². The van der Waals surface area contributed by atoms with E-state index in [0.29, 0.717) is 13.1 Å². The Morgan fingerprint density at radius 3 is 2.83 bits per heavy atom. The largest absolute Gasteiger partial charge is 0.391 e. The van der Waals surface area contributed by atoms with Gasteiger partial charge >= 0.3 is 0 Å². The summed E-state index contributed by atoms with van der Waals surface area (Å²) >= 11 is 0. The van der Waals surface area contributed by atoms with Crippen LogP contribution in [0.2, 0.25) is 0 Å². The number of imidazole rings is 1. The van der Waals surface area contributed by atoms with Crippen molar-refractivity contribution in [1.29, 1.82) is 0 Å². The van der Waals surface area contributed by atoms with Gasteiger partial charge < -0.3 is 14.8 Å². The van der Waals surface area contributed by atoms with E-state index in [1.807, 2.05) is 55.8 Å². The molecule has 2 aromatic heterocycles. The first-order valence-corrected chi connectivity index (χ1v) is 6.28. The Kier molecular flexibility index (Phi) is 3.68. The second-order valence-electron chi connectivity index (χ2n) is 5.71. The summed E-state index contributed by atoms with van der Waals surface area (Å²) < 4.78 is 2.00. The molecule has 1 atom stereocenters. The summed E-state index contributed by atoms with van der Waals surface area (Å²) in [4.78, 5) is 4.49. The molecule has 2 aromatic rings. The van der Waals surface area contributed by atoms with Gasteiger partial charge in [0.15, 0.2) is 0 Å². The summed E-state index contributed by atoms with van der Waals surface area (Å²) in [6.07, 6.45) is 3.64. The van der Waals surface area contributed by atoms with Crippen LogP contribution < -0.4 is 5.32 Å². The lowest BCUT2D eigenvalue weighted by Gasteiger charge is -2.25. The van der Waals surface area contributed by atoms with Crippen molar-refractivity contribution in [3.63, 3.8) is 0 Å². The van der Waals surface area contributed by atoms with Crippen molar-refractivity contribution in [2.45, 2.75) is 33.4 Å². The highest BCUT2D eigenvalue weighted by atomic mass is 16.3. The Hall–Kier alpha value is -1.39. The van der Waals surface area contributed by atoms with Crippen LogP contribution in [0.4, 0.5) is 0 Å². The van der Waals surface area contributed by atoms with Crippen LogP contribution in [0.5, 0.6) is 0 Å². The fraction of sp³-hybridized carbons (Fsp3) is 0.500. The summed E-state index contributed by atoms with van der Waals surface area (Å²) in [5, 5.41) is 13.2. The molecule has 2 rings (SSSR count). The number of hydrogen-bond donors (Lipinski definition) is 2. The van der Waals surface area contributed by atoms with Crippen molar-refractivity contribution in [3.8, 4) is 0 Å². The zero-order valence-electron chi connectivity index (χ0n) is 11.2. The average Bonchev–Trinajstić information content (AvgIpc) is 2.70. The summed E-state index contributed by atoms with van der Waals surface area (Å²) in [7, 11) is 0. The van der Waals surface area contributed by atoms with Gasteiger partial charge in [0.05, 0.1) is 11.8 Å². The highest BCUT2D eigenvalue weighted by Crippen LogP contribution is 2.18. The van der Waals surface area contributed by atoms with Crippen LogP contribution in [-0.4, -0.2) is 27.1 Å². The minimum absolute atomic E-state index is 0.0914. The summed E-state index contributed by atoms with van der Waals surface area (Å²) in [5.74, 6) is 0. The second kappa shape index (κ2) is 5.08. The van der Waals surface area contributed by atoms with Crippen molar-refractivity contribution in [2.75, 3.05) is 6.54 Å². The Balaban J connectivity index is 1.91. The minimum atomic E-state index is -0.352. The standard InChI is InChI=1S/C14H21N3O/c1-14(2,3)12(18)9-15-8-11-10-17-7-5-4-6-13(17)16-11/h4-7,10,12,15,18H,8-9H2,1-3H3. The van der Waals surface area contributed by atoms with Gasteiger partial charge in [0.25, 0.3) is 0 Å². The highest BCUT2D eigenvalue weighted by Gasteiger charge is 2.21. The van der Waals surface area contributed by atoms with Crippen LogP contribution in [-0.2, 0) is 6.54 Å². The SMILES string of the molecule is CC(C)(C)C(O)CNCc1cn2ccccc2n1. The molecule has 0 aliphatic heterocycles. The number of pyridine rings is 1. The summed E-state index contributed by atoms with van der Waals surface area (Å²) in [6, 6.07) is 5.94. The van der Waals surface area contributed by atoms with Crippen molar-refractivity contribution in [3.05, 3.63) is 36.3 Å². The molecule has 0 amide bonds. The van der Waals surface area contributed by atoms with E-state index in [9.17, 15) is 5.11 Å². The van der Waals surface area contributed by atoms with Gasteiger partial charge in [-0.2, -0.15) is 0 Å². The molecule has 0 radical (unpaired) electrons. The lowest BCUT2D eigenvalue weighted by Crippen LogP contribution is -2.36. The molecule has 0 aliphatic carbocycles. The number of nitrogens with zero attached hydrogens (tertiary/aromatic N) is 2. The number of hydrogen-bond acceptors (Lipinski definition) is 3. The van der Waals surface area contributed by atoms with E-state index >= 15 is 0 Å². The van der Waals surface area contributed by atoms with Crippen LogP contribution >= 0.6 is 0 Å². The van der Waals surface area contributed by atoms with Crippen LogP contribution in [0.15, 0.2) is 30.6 Å². The molecule has 4 nitrogen and oxygen atoms in total. The van der Waals surface area contributed by atoms with E-state index in [1.165, 1.54) is 0 Å². The first kappa shape index (κ1) is 13.1. The molecule has 0 aromatic carbocycles. The third-order valence-electron chi connectivity index (χ3n) is 3.06. The highest BCUT2D eigenvalue weighted by molar-refractivity contribution is 5.39. The molecule has 98 valence electrons. The van der Waals surface area contributed by atoms with E-state index in [2.05, 4.69) is 10.3 Å². The topological polar surface area (TPSA) is 49.6 Å². The normalized spacial score (nSPS) is 14.0. The van der Waals surface area contributed by atoms with Crippen molar-refractivity contribution < 1.29 is 5.11 Å². The van der Waals surface area contributed by atoms with Gasteiger partial charge in [-0.15, -0.1) is 0 Å². The van der Waals surface area contributed by atoms with Crippen LogP contribution in [0.3, 0.4) is 0 Å². The van der Waals surface area contributed by atoms with Gasteiger partial charge in [-0.25, -0.2) is 4.98 Å². The molecule has 0 fully saturated rings. The fourth-order valence-electron chi connectivity index (χ4n) is 1.72. The van der Waals surface area contributed by atoms with Gasteiger partial charge in [0.1, 0.15) is 5.65 Å². The van der Waals surface area contributed by atoms with Gasteiger partial charge in [-0.3, -0.25) is 0 Å². The molecular formula is C14H21N3O. The quantitative estimate of drug-likeness (QED) is 0.866. The molecule has 0 saturated carbocycles. The Bertz CT molecular complexity index is 480. The molecule has 0 spiro atoms. The Labute approximate surface area is 108 Å². The molecule has 4 heteroatoms. The van der Waals surface area contributed by atoms with Crippen LogP contribution in [0, 0.1) is 5.41 Å². The predicted octanol–water partition coefficient (Wildman–Crippen LogP) is 1.83. The lowest BCUT2D eigenvalue weighted by molar-refractivity contribution is 0.0627. The molecule has 2 heterocycles. The third kappa shape index (κ3) is 3.09. The first-order valence-electron chi connectivity index (χ1n) is 6.28. The van der Waals surface area contributed by atoms with E-state index in [1.54, 1.807) is 0 Å². The van der Waals surface area contributed by atoms with E-state index < -0.39 is 0 Å². The molecule has 0 bridgehead atoms. The zero-order valence-corrected chi connectivity index (χ0v) is 11.2. The molecule has 2 N–H and O–H groups in total. The van der Waals surface area contributed by atoms with E-state index in [4.69, 9.17) is 0 Å². The Morgan fingerprint density at radius 1 is 1.39 bits per heavy atom. The van der Waals surface area contributed by atoms with Crippen molar-refractivity contribution >= 4 is 5.65 Å². The lowest BCUT2D eigenvalue weighted by atomic mass is 9.89. The third-order valence-corrected chi connectivity index (χ3v) is 3.06. The molecule has 1 unspecified atom stereocenters. The van der Waals surface area contributed by atoms with Gasteiger partial charge in [0.2, 0.25) is 0 Å². The summed E-state index contributed by atoms with van der Waals surface area (Å²) in [5.41, 5.74) is 1.85. The fourth-order valence-corrected chi connectivity index (χ4v) is 1.72. The maximum atomic E-state index is 9.92. The Morgan fingerprint density at radius 2 is 2.17 bits per heavy atom. The van der Waals surface area contributed by atoms with Gasteiger partial charge in [-0.05, 0) is 17.5 Å². The monoisotopic (exact) mass is 247 g/mol. The van der Waals surface area contributed by atoms with Gasteiger partial charge in [-0.1, -0.05) is 26.8 Å². The van der Waals surface area contributed by atoms with E-state index in [0.717, 1.165) is 11.3 Å². The molecule has 0 aliphatic rings. The molecule has 0 saturated heterocycles. The maximum absolute atomic E-state index is 9.92. The van der Waals surface area contributed by atoms with Crippen LogP contribution in [0.25, 0.3) is 5.65 Å². The van der Waals surface area contributed by atoms with Crippen molar-refractivity contribution in [2.24, 2.45) is 5.41 Å². The number of aromatic nitrogens is 2. The molecule has 18 heavy (non-hydrogen) atoms. The average molecular weight is 247 g/mol. The predicted molar refractivity (Wildman–Crippen MR) is 72.4 cm³/mol. The maximum Gasteiger partial charge on any atom is 0.137 e. The van der Waals surface area contributed by atoms with Crippen molar-refractivity contribution in [1.82, 2.24) is 14.7 Å².